The summed E-state index contributed by atoms with van der Waals surface area (Å²) in [5.74, 6) is 3.23. The molecule has 0 heteroatoms. The fourth-order valence-electron chi connectivity index (χ4n) is 7.07. The molecular formula is C38H54. The monoisotopic (exact) mass is 510 g/mol. The molecule has 0 nitrogen and oxygen atoms in total. The molecule has 1 fully saturated rings. The second-order valence-electron chi connectivity index (χ2n) is 13.7. The average Bonchev–Trinajstić information content (AvgIpc) is 2.91. The number of benzene rings is 2. The summed E-state index contributed by atoms with van der Waals surface area (Å²) < 4.78 is 0. The number of hydrogen-bond donors (Lipinski definition) is 0. The molecular weight excluding hydrogens is 456 g/mol. The zero-order chi connectivity index (χ0) is 27.3. The van der Waals surface area contributed by atoms with Crippen molar-refractivity contribution in [3.05, 3.63) is 93.6 Å². The van der Waals surface area contributed by atoms with Crippen LogP contribution in [0.2, 0.25) is 0 Å². The highest BCUT2D eigenvalue weighted by atomic mass is 14.3. The molecule has 206 valence electrons. The number of hydrogen-bond acceptors (Lipinski definition) is 0. The van der Waals surface area contributed by atoms with Crippen LogP contribution in [0.15, 0.2) is 65.8 Å². The topological polar surface area (TPSA) is 0 Å². The van der Waals surface area contributed by atoms with E-state index in [0.29, 0.717) is 5.92 Å². The first kappa shape index (κ1) is 28.9. The van der Waals surface area contributed by atoms with E-state index in [1.807, 2.05) is 0 Å². The quantitative estimate of drug-likeness (QED) is 0.315. The molecule has 2 unspecified atom stereocenters. The first-order chi connectivity index (χ1) is 18.2. The summed E-state index contributed by atoms with van der Waals surface area (Å²) in [6.45, 7) is 16.4. The Balaban J connectivity index is 1.44. The van der Waals surface area contributed by atoms with E-state index < -0.39 is 0 Å². The van der Waals surface area contributed by atoms with E-state index in [1.165, 1.54) is 73.6 Å². The normalized spacial score (nSPS) is 23.1. The molecule has 0 heterocycles. The van der Waals surface area contributed by atoms with Crippen LogP contribution in [0.25, 0.3) is 0 Å². The highest BCUT2D eigenvalue weighted by Gasteiger charge is 2.25. The number of allylic oxidation sites excluding steroid dienone is 4. The molecule has 2 aromatic rings. The molecule has 0 N–H and O–H groups in total. The van der Waals surface area contributed by atoms with Gasteiger partial charge < -0.3 is 0 Å². The van der Waals surface area contributed by atoms with Gasteiger partial charge in [-0.1, -0.05) is 108 Å². The Hall–Kier alpha value is -2.08. The molecule has 1 saturated carbocycles. The minimum atomic E-state index is 0.174. The van der Waals surface area contributed by atoms with Gasteiger partial charge in [0.2, 0.25) is 0 Å². The summed E-state index contributed by atoms with van der Waals surface area (Å²) in [7, 11) is 0. The van der Waals surface area contributed by atoms with Gasteiger partial charge in [-0.3, -0.25) is 0 Å². The van der Waals surface area contributed by atoms with Crippen molar-refractivity contribution in [2.75, 3.05) is 0 Å². The van der Waals surface area contributed by atoms with Crippen molar-refractivity contribution in [3.8, 4) is 0 Å². The van der Waals surface area contributed by atoms with E-state index in [-0.39, 0.29) is 5.41 Å². The molecule has 38 heavy (non-hydrogen) atoms. The summed E-state index contributed by atoms with van der Waals surface area (Å²) in [5.41, 5.74) is 10.9. The lowest BCUT2D eigenvalue weighted by molar-refractivity contribution is 0.273. The fourth-order valence-corrected chi connectivity index (χ4v) is 7.07. The van der Waals surface area contributed by atoms with Crippen molar-refractivity contribution in [1.29, 1.82) is 0 Å². The SMILES string of the molecule is CCc1cc(C2CCC(CC(C)CC)CC2)ccc1CC1C=C(Cc2ccccc2C(C)(C)C)C(C)=CC1. The van der Waals surface area contributed by atoms with E-state index in [4.69, 9.17) is 0 Å². The van der Waals surface area contributed by atoms with Crippen molar-refractivity contribution < 1.29 is 0 Å². The van der Waals surface area contributed by atoms with Gasteiger partial charge in [0.25, 0.3) is 0 Å². The van der Waals surface area contributed by atoms with Crippen LogP contribution in [0.4, 0.5) is 0 Å². The Morgan fingerprint density at radius 1 is 0.895 bits per heavy atom. The molecule has 0 radical (unpaired) electrons. The van der Waals surface area contributed by atoms with Crippen LogP contribution in [0.1, 0.15) is 127 Å². The zero-order valence-electron chi connectivity index (χ0n) is 25.6. The first-order valence-electron chi connectivity index (χ1n) is 15.8. The molecule has 0 aromatic heterocycles. The smallest absolute Gasteiger partial charge is 0.00234 e. The van der Waals surface area contributed by atoms with Crippen molar-refractivity contribution in [2.45, 2.75) is 124 Å². The lowest BCUT2D eigenvalue weighted by Gasteiger charge is -2.31. The van der Waals surface area contributed by atoms with Gasteiger partial charge in [0.15, 0.2) is 0 Å². The van der Waals surface area contributed by atoms with E-state index in [9.17, 15) is 0 Å². The Bertz CT molecular complexity index is 1110. The molecule has 0 amide bonds. The maximum absolute atomic E-state index is 2.61. The minimum Gasteiger partial charge on any atom is -0.0807 e. The van der Waals surface area contributed by atoms with Crippen LogP contribution in [0.3, 0.4) is 0 Å². The zero-order valence-corrected chi connectivity index (χ0v) is 25.6. The molecule has 0 spiro atoms. The molecule has 2 aliphatic rings. The summed E-state index contributed by atoms with van der Waals surface area (Å²) in [4.78, 5) is 0. The van der Waals surface area contributed by atoms with Gasteiger partial charge in [-0.05, 0) is 127 Å². The summed E-state index contributed by atoms with van der Waals surface area (Å²) in [5, 5.41) is 0. The van der Waals surface area contributed by atoms with Crippen LogP contribution in [0, 0.1) is 17.8 Å². The van der Waals surface area contributed by atoms with Gasteiger partial charge in [-0.25, -0.2) is 0 Å². The van der Waals surface area contributed by atoms with Crippen LogP contribution in [-0.4, -0.2) is 0 Å². The lowest BCUT2D eigenvalue weighted by Crippen LogP contribution is -2.16. The second kappa shape index (κ2) is 12.8. The first-order valence-corrected chi connectivity index (χ1v) is 15.8. The van der Waals surface area contributed by atoms with Crippen molar-refractivity contribution in [3.63, 3.8) is 0 Å². The third-order valence-electron chi connectivity index (χ3n) is 9.72. The third kappa shape index (κ3) is 7.31. The van der Waals surface area contributed by atoms with E-state index in [0.717, 1.165) is 30.6 Å². The number of aryl methyl sites for hydroxylation is 1. The molecule has 0 aliphatic heterocycles. The van der Waals surface area contributed by atoms with Gasteiger partial charge in [-0.15, -0.1) is 0 Å². The van der Waals surface area contributed by atoms with Crippen LogP contribution in [-0.2, 0) is 24.7 Å². The highest BCUT2D eigenvalue weighted by Crippen LogP contribution is 2.39. The average molecular weight is 511 g/mol. The number of rotatable bonds is 9. The molecule has 2 aromatic carbocycles. The molecule has 0 bridgehead atoms. The summed E-state index contributed by atoms with van der Waals surface area (Å²) in [6.07, 6.45) is 18.0. The maximum atomic E-state index is 2.61. The third-order valence-corrected chi connectivity index (χ3v) is 9.72. The Labute approximate surface area is 235 Å². The fraction of sp³-hybridized carbons (Fsp3) is 0.579. The van der Waals surface area contributed by atoms with Crippen LogP contribution in [0.5, 0.6) is 0 Å². The standard InChI is InChI=1S/C38H54/c1-8-27(3)22-29-16-18-32(19-17-29)34-21-20-33(31(9-2)25-34)23-30-15-14-28(4)36(24-30)26-35-12-10-11-13-37(35)38(5,6)7/h10-14,20-21,24-25,27,29-30,32H,8-9,15-19,22-23,26H2,1-7H3. The molecule has 0 saturated heterocycles. The van der Waals surface area contributed by atoms with E-state index in [1.54, 1.807) is 16.7 Å². The Kier molecular flexibility index (Phi) is 9.78. The second-order valence-corrected chi connectivity index (χ2v) is 13.7. The molecule has 2 aliphatic carbocycles. The predicted molar refractivity (Wildman–Crippen MR) is 167 cm³/mol. The van der Waals surface area contributed by atoms with Gasteiger partial charge in [-0.2, -0.15) is 0 Å². The van der Waals surface area contributed by atoms with E-state index in [2.05, 4.69) is 103 Å². The summed E-state index contributed by atoms with van der Waals surface area (Å²) in [6, 6.07) is 16.6. The van der Waals surface area contributed by atoms with Crippen LogP contribution >= 0.6 is 0 Å². The van der Waals surface area contributed by atoms with Crippen LogP contribution < -0.4 is 0 Å². The van der Waals surface area contributed by atoms with Crippen molar-refractivity contribution in [2.24, 2.45) is 17.8 Å². The predicted octanol–water partition coefficient (Wildman–Crippen LogP) is 10.9. The largest absolute Gasteiger partial charge is 0.0807 e. The Morgan fingerprint density at radius 3 is 2.32 bits per heavy atom. The van der Waals surface area contributed by atoms with Crippen molar-refractivity contribution >= 4 is 0 Å². The van der Waals surface area contributed by atoms with Gasteiger partial charge in [0.05, 0.1) is 0 Å². The molecule has 4 rings (SSSR count). The van der Waals surface area contributed by atoms with E-state index >= 15 is 0 Å². The lowest BCUT2D eigenvalue weighted by atomic mass is 9.75. The van der Waals surface area contributed by atoms with Gasteiger partial charge >= 0.3 is 0 Å². The van der Waals surface area contributed by atoms with Gasteiger partial charge in [0.1, 0.15) is 0 Å². The molecule has 2 atom stereocenters. The highest BCUT2D eigenvalue weighted by molar-refractivity contribution is 5.43. The summed E-state index contributed by atoms with van der Waals surface area (Å²) >= 11 is 0. The minimum absolute atomic E-state index is 0.174. The van der Waals surface area contributed by atoms with Gasteiger partial charge in [0, 0.05) is 0 Å². The van der Waals surface area contributed by atoms with Crippen molar-refractivity contribution in [1.82, 2.24) is 0 Å². The maximum Gasteiger partial charge on any atom is -0.00234 e. The Morgan fingerprint density at radius 2 is 1.63 bits per heavy atom.